The number of hydrogen-bond acceptors (Lipinski definition) is 6. The molecular formula is C20H23NO6. The first kappa shape index (κ1) is 20.1. The molecule has 0 aliphatic rings. The van der Waals surface area contributed by atoms with Gasteiger partial charge in [0.15, 0.2) is 6.10 Å². The molecule has 27 heavy (non-hydrogen) atoms. The summed E-state index contributed by atoms with van der Waals surface area (Å²) in [4.78, 5) is 24.0. The second-order valence-corrected chi connectivity index (χ2v) is 5.60. The van der Waals surface area contributed by atoms with Gasteiger partial charge in [-0.25, -0.2) is 4.79 Å². The lowest BCUT2D eigenvalue weighted by Gasteiger charge is -2.16. The monoisotopic (exact) mass is 373 g/mol. The Morgan fingerprint density at radius 3 is 2.07 bits per heavy atom. The zero-order valence-corrected chi connectivity index (χ0v) is 15.8. The number of nitrogens with one attached hydrogen (secondary N) is 1. The van der Waals surface area contributed by atoms with E-state index in [9.17, 15) is 9.59 Å². The fourth-order valence-corrected chi connectivity index (χ4v) is 2.27. The van der Waals surface area contributed by atoms with Gasteiger partial charge in [-0.1, -0.05) is 0 Å². The van der Waals surface area contributed by atoms with Crippen LogP contribution in [0.15, 0.2) is 42.5 Å². The summed E-state index contributed by atoms with van der Waals surface area (Å²) in [5, 5.41) is 2.76. The van der Waals surface area contributed by atoms with Crippen molar-refractivity contribution >= 4 is 17.6 Å². The van der Waals surface area contributed by atoms with Crippen molar-refractivity contribution in [2.75, 3.05) is 26.1 Å². The number of amides is 1. The minimum Gasteiger partial charge on any atom is -0.497 e. The molecule has 1 amide bonds. The van der Waals surface area contributed by atoms with Crippen molar-refractivity contribution in [1.82, 2.24) is 0 Å². The third kappa shape index (κ3) is 5.64. The number of esters is 1. The minimum absolute atomic E-state index is 0.309. The molecule has 0 aliphatic carbocycles. The molecule has 1 atom stereocenters. The molecule has 2 aromatic rings. The number of hydrogen-bond donors (Lipinski definition) is 1. The summed E-state index contributed by atoms with van der Waals surface area (Å²) < 4.78 is 20.9. The van der Waals surface area contributed by atoms with E-state index >= 15 is 0 Å². The Morgan fingerprint density at radius 2 is 1.56 bits per heavy atom. The van der Waals surface area contributed by atoms with Crippen LogP contribution in [0, 0.1) is 0 Å². The number of benzene rings is 2. The third-order valence-electron chi connectivity index (χ3n) is 3.67. The third-order valence-corrected chi connectivity index (χ3v) is 3.67. The van der Waals surface area contributed by atoms with Gasteiger partial charge in [-0.3, -0.25) is 4.79 Å². The fourth-order valence-electron chi connectivity index (χ4n) is 2.27. The molecule has 7 heteroatoms. The molecule has 2 aromatic carbocycles. The van der Waals surface area contributed by atoms with Gasteiger partial charge in [0.25, 0.3) is 5.91 Å². The van der Waals surface area contributed by atoms with Crippen LogP contribution >= 0.6 is 0 Å². The molecule has 7 nitrogen and oxygen atoms in total. The highest BCUT2D eigenvalue weighted by atomic mass is 16.5. The molecule has 144 valence electrons. The van der Waals surface area contributed by atoms with Crippen LogP contribution in [0.1, 0.15) is 24.2 Å². The maximum absolute atomic E-state index is 12.4. The van der Waals surface area contributed by atoms with E-state index in [2.05, 4.69) is 5.32 Å². The number of rotatable bonds is 8. The Balaban J connectivity index is 2.00. The van der Waals surface area contributed by atoms with E-state index in [1.807, 2.05) is 0 Å². The van der Waals surface area contributed by atoms with Crippen LogP contribution < -0.4 is 19.5 Å². The first-order valence-corrected chi connectivity index (χ1v) is 8.44. The van der Waals surface area contributed by atoms with Gasteiger partial charge in [-0.15, -0.1) is 0 Å². The van der Waals surface area contributed by atoms with Gasteiger partial charge in [0.05, 0.1) is 26.4 Å². The fraction of sp³-hybridized carbons (Fsp3) is 0.300. The number of ether oxygens (including phenoxy) is 4. The second-order valence-electron chi connectivity index (χ2n) is 5.60. The van der Waals surface area contributed by atoms with Gasteiger partial charge in [-0.2, -0.15) is 0 Å². The van der Waals surface area contributed by atoms with Gasteiger partial charge < -0.3 is 24.3 Å². The van der Waals surface area contributed by atoms with Crippen LogP contribution in [0.5, 0.6) is 17.2 Å². The van der Waals surface area contributed by atoms with E-state index in [1.165, 1.54) is 14.2 Å². The van der Waals surface area contributed by atoms with Crippen molar-refractivity contribution in [2.45, 2.75) is 20.0 Å². The molecule has 0 spiro atoms. The molecule has 1 N–H and O–H groups in total. The van der Waals surface area contributed by atoms with Crippen LogP contribution in [0.4, 0.5) is 5.69 Å². The Bertz CT molecular complexity index is 765. The summed E-state index contributed by atoms with van der Waals surface area (Å²) in [5.41, 5.74) is 0.953. The standard InChI is InChI=1S/C20H23NO6/c1-5-26-20(23)14-6-8-16(9-7-14)27-13(2)19(22)21-15-10-17(24-3)12-18(11-15)25-4/h6-13H,5H2,1-4H3,(H,21,22). The first-order chi connectivity index (χ1) is 13.0. The molecule has 0 aliphatic heterocycles. The first-order valence-electron chi connectivity index (χ1n) is 8.44. The van der Waals surface area contributed by atoms with E-state index < -0.39 is 12.1 Å². The Morgan fingerprint density at radius 1 is 0.963 bits per heavy atom. The number of methoxy groups -OCH3 is 2. The molecule has 2 rings (SSSR count). The number of carbonyl (C=O) groups excluding carboxylic acids is 2. The number of anilines is 1. The van der Waals surface area contributed by atoms with Gasteiger partial charge in [0, 0.05) is 23.9 Å². The highest BCUT2D eigenvalue weighted by Gasteiger charge is 2.16. The van der Waals surface area contributed by atoms with E-state index in [0.29, 0.717) is 35.1 Å². The summed E-state index contributed by atoms with van der Waals surface area (Å²) >= 11 is 0. The van der Waals surface area contributed by atoms with Crippen LogP contribution in [0.25, 0.3) is 0 Å². The Hall–Kier alpha value is -3.22. The SMILES string of the molecule is CCOC(=O)c1ccc(OC(C)C(=O)Nc2cc(OC)cc(OC)c2)cc1. The Labute approximate surface area is 158 Å². The molecule has 0 saturated carbocycles. The van der Waals surface area contributed by atoms with Gasteiger partial charge >= 0.3 is 5.97 Å². The molecule has 0 aromatic heterocycles. The molecular weight excluding hydrogens is 350 g/mol. The average Bonchev–Trinajstić information content (AvgIpc) is 2.68. The van der Waals surface area contributed by atoms with Crippen LogP contribution in [-0.2, 0) is 9.53 Å². The van der Waals surface area contributed by atoms with Crippen LogP contribution in [-0.4, -0.2) is 38.8 Å². The van der Waals surface area contributed by atoms with E-state index in [4.69, 9.17) is 18.9 Å². The molecule has 1 unspecified atom stereocenters. The molecule has 0 fully saturated rings. The van der Waals surface area contributed by atoms with E-state index in [1.54, 1.807) is 56.3 Å². The summed E-state index contributed by atoms with van der Waals surface area (Å²) in [6.45, 7) is 3.68. The Kier molecular flexibility index (Phi) is 7.05. The topological polar surface area (TPSA) is 83.1 Å². The summed E-state index contributed by atoms with van der Waals surface area (Å²) in [6, 6.07) is 11.5. The summed E-state index contributed by atoms with van der Waals surface area (Å²) in [7, 11) is 3.07. The van der Waals surface area contributed by atoms with Crippen molar-refractivity contribution in [3.05, 3.63) is 48.0 Å². The average molecular weight is 373 g/mol. The van der Waals surface area contributed by atoms with Crippen molar-refractivity contribution in [1.29, 1.82) is 0 Å². The zero-order valence-electron chi connectivity index (χ0n) is 15.8. The van der Waals surface area contributed by atoms with Crippen LogP contribution in [0.3, 0.4) is 0 Å². The highest BCUT2D eigenvalue weighted by molar-refractivity contribution is 5.94. The quantitative estimate of drug-likeness (QED) is 0.715. The summed E-state index contributed by atoms with van der Waals surface area (Å²) in [6.07, 6.45) is -0.754. The number of carbonyl (C=O) groups is 2. The van der Waals surface area contributed by atoms with Crippen LogP contribution in [0.2, 0.25) is 0 Å². The second kappa shape index (κ2) is 9.47. The molecule has 0 radical (unpaired) electrons. The van der Waals surface area contributed by atoms with Crippen molar-refractivity contribution < 1.29 is 28.5 Å². The lowest BCUT2D eigenvalue weighted by molar-refractivity contribution is -0.122. The molecule has 0 bridgehead atoms. The van der Waals surface area contributed by atoms with Gasteiger partial charge in [-0.05, 0) is 38.1 Å². The normalized spacial score (nSPS) is 11.3. The lowest BCUT2D eigenvalue weighted by Crippen LogP contribution is -2.30. The maximum Gasteiger partial charge on any atom is 0.338 e. The predicted octanol–water partition coefficient (Wildman–Crippen LogP) is 3.29. The predicted molar refractivity (Wildman–Crippen MR) is 101 cm³/mol. The lowest BCUT2D eigenvalue weighted by atomic mass is 10.2. The largest absolute Gasteiger partial charge is 0.497 e. The highest BCUT2D eigenvalue weighted by Crippen LogP contribution is 2.26. The smallest absolute Gasteiger partial charge is 0.338 e. The summed E-state index contributed by atoms with van der Waals surface area (Å²) in [5.74, 6) is 0.857. The van der Waals surface area contributed by atoms with E-state index in [0.717, 1.165) is 0 Å². The van der Waals surface area contributed by atoms with Gasteiger partial charge in [0.2, 0.25) is 0 Å². The van der Waals surface area contributed by atoms with Crippen molar-refractivity contribution in [2.24, 2.45) is 0 Å². The zero-order chi connectivity index (χ0) is 19.8. The van der Waals surface area contributed by atoms with E-state index in [-0.39, 0.29) is 5.91 Å². The van der Waals surface area contributed by atoms with Crippen molar-refractivity contribution in [3.8, 4) is 17.2 Å². The minimum atomic E-state index is -0.754. The van der Waals surface area contributed by atoms with Crippen molar-refractivity contribution in [3.63, 3.8) is 0 Å². The maximum atomic E-state index is 12.4. The molecule has 0 saturated heterocycles. The van der Waals surface area contributed by atoms with Gasteiger partial charge in [0.1, 0.15) is 17.2 Å². The molecule has 0 heterocycles.